The van der Waals surface area contributed by atoms with E-state index in [-0.39, 0.29) is 11.7 Å². The summed E-state index contributed by atoms with van der Waals surface area (Å²) in [6.07, 6.45) is 0. The smallest absolute Gasteiger partial charge is 0.338 e. The molecular formula is C17H19NO3. The Kier molecular flexibility index (Phi) is 5.35. The highest BCUT2D eigenvalue weighted by molar-refractivity contribution is 5.89. The lowest BCUT2D eigenvalue weighted by atomic mass is 10.1. The first-order valence-corrected chi connectivity index (χ1v) is 6.94. The van der Waals surface area contributed by atoms with Crippen LogP contribution in [0.2, 0.25) is 0 Å². The predicted molar refractivity (Wildman–Crippen MR) is 81.0 cm³/mol. The molecule has 2 rings (SSSR count). The molecule has 0 bridgehead atoms. The molecule has 21 heavy (non-hydrogen) atoms. The lowest BCUT2D eigenvalue weighted by Crippen LogP contribution is -2.13. The Hall–Kier alpha value is -2.33. The molecule has 0 aliphatic heterocycles. The number of hydrogen-bond donors (Lipinski definition) is 2. The molecule has 0 saturated heterocycles. The number of rotatable bonds is 6. The molecule has 2 aromatic rings. The van der Waals surface area contributed by atoms with Crippen molar-refractivity contribution in [2.45, 2.75) is 20.0 Å². The SMILES string of the molecule is CCOC(=O)c1ccc(O)c(CNCc2ccccc2)c1. The molecule has 2 N–H and O–H groups in total. The summed E-state index contributed by atoms with van der Waals surface area (Å²) in [6.45, 7) is 3.28. The first-order valence-electron chi connectivity index (χ1n) is 6.94. The van der Waals surface area contributed by atoms with Crippen LogP contribution in [0.25, 0.3) is 0 Å². The second-order valence-corrected chi connectivity index (χ2v) is 4.65. The Bertz CT molecular complexity index is 596. The molecule has 0 aliphatic carbocycles. The molecule has 0 saturated carbocycles. The van der Waals surface area contributed by atoms with E-state index >= 15 is 0 Å². The molecule has 0 atom stereocenters. The van der Waals surface area contributed by atoms with Gasteiger partial charge in [-0.05, 0) is 30.7 Å². The van der Waals surface area contributed by atoms with Crippen LogP contribution in [0.4, 0.5) is 0 Å². The van der Waals surface area contributed by atoms with E-state index in [1.807, 2.05) is 30.3 Å². The van der Waals surface area contributed by atoms with Crippen LogP contribution in [0.1, 0.15) is 28.4 Å². The van der Waals surface area contributed by atoms with Gasteiger partial charge >= 0.3 is 5.97 Å². The maximum atomic E-state index is 11.7. The minimum atomic E-state index is -0.373. The summed E-state index contributed by atoms with van der Waals surface area (Å²) in [5, 5.41) is 13.1. The van der Waals surface area contributed by atoms with E-state index < -0.39 is 0 Å². The van der Waals surface area contributed by atoms with Gasteiger partial charge in [-0.1, -0.05) is 30.3 Å². The molecule has 0 amide bonds. The van der Waals surface area contributed by atoms with Crippen LogP contribution >= 0.6 is 0 Å². The van der Waals surface area contributed by atoms with Gasteiger partial charge in [0.2, 0.25) is 0 Å². The largest absolute Gasteiger partial charge is 0.508 e. The van der Waals surface area contributed by atoms with Crippen molar-refractivity contribution in [3.05, 3.63) is 65.2 Å². The highest BCUT2D eigenvalue weighted by Crippen LogP contribution is 2.19. The summed E-state index contributed by atoms with van der Waals surface area (Å²) in [5.74, 6) is -0.203. The van der Waals surface area contributed by atoms with E-state index in [4.69, 9.17) is 4.74 Å². The summed E-state index contributed by atoms with van der Waals surface area (Å²) in [5.41, 5.74) is 2.29. The standard InChI is InChI=1S/C17H19NO3/c1-2-21-17(20)14-8-9-16(19)15(10-14)12-18-11-13-6-4-3-5-7-13/h3-10,18-19H,2,11-12H2,1H3. The summed E-state index contributed by atoms with van der Waals surface area (Å²) >= 11 is 0. The maximum absolute atomic E-state index is 11.7. The lowest BCUT2D eigenvalue weighted by Gasteiger charge is -2.09. The third-order valence-corrected chi connectivity index (χ3v) is 3.08. The normalized spacial score (nSPS) is 10.3. The third-order valence-electron chi connectivity index (χ3n) is 3.08. The zero-order valence-electron chi connectivity index (χ0n) is 12.0. The number of carbonyl (C=O) groups is 1. The van der Waals surface area contributed by atoms with Crippen LogP contribution in [0, 0.1) is 0 Å². The topological polar surface area (TPSA) is 58.6 Å². The summed E-state index contributed by atoms with van der Waals surface area (Å²) in [7, 11) is 0. The molecule has 2 aromatic carbocycles. The quantitative estimate of drug-likeness (QED) is 0.801. The van der Waals surface area contributed by atoms with Gasteiger partial charge in [0.05, 0.1) is 12.2 Å². The third kappa shape index (κ3) is 4.33. The number of aromatic hydroxyl groups is 1. The molecule has 0 spiro atoms. The van der Waals surface area contributed by atoms with Gasteiger partial charge in [0, 0.05) is 18.7 Å². The number of phenols is 1. The molecule has 0 radical (unpaired) electrons. The average Bonchev–Trinajstić information content (AvgIpc) is 2.50. The van der Waals surface area contributed by atoms with Crippen molar-refractivity contribution in [1.29, 1.82) is 0 Å². The van der Waals surface area contributed by atoms with Crippen molar-refractivity contribution in [2.75, 3.05) is 6.61 Å². The molecule has 0 unspecified atom stereocenters. The number of nitrogens with one attached hydrogen (secondary N) is 1. The second-order valence-electron chi connectivity index (χ2n) is 4.65. The van der Waals surface area contributed by atoms with Gasteiger partial charge in [-0.3, -0.25) is 0 Å². The Morgan fingerprint density at radius 3 is 2.62 bits per heavy atom. The highest BCUT2D eigenvalue weighted by Gasteiger charge is 2.09. The number of hydrogen-bond acceptors (Lipinski definition) is 4. The van der Waals surface area contributed by atoms with E-state index in [0.717, 1.165) is 0 Å². The fraction of sp³-hybridized carbons (Fsp3) is 0.235. The first-order chi connectivity index (χ1) is 10.2. The zero-order valence-corrected chi connectivity index (χ0v) is 12.0. The van der Waals surface area contributed by atoms with Crippen molar-refractivity contribution in [2.24, 2.45) is 0 Å². The van der Waals surface area contributed by atoms with Crippen LogP contribution in [-0.4, -0.2) is 17.7 Å². The first kappa shape index (κ1) is 15.1. The van der Waals surface area contributed by atoms with Crippen molar-refractivity contribution in [3.8, 4) is 5.75 Å². The van der Waals surface area contributed by atoms with Crippen molar-refractivity contribution in [1.82, 2.24) is 5.32 Å². The number of phenolic OH excluding ortho intramolecular Hbond substituents is 1. The summed E-state index contributed by atoms with van der Waals surface area (Å²) in [6, 6.07) is 14.7. The Morgan fingerprint density at radius 2 is 1.90 bits per heavy atom. The molecule has 4 heteroatoms. The van der Waals surface area contributed by atoms with Gasteiger partial charge in [0.15, 0.2) is 0 Å². The number of benzene rings is 2. The zero-order chi connectivity index (χ0) is 15.1. The molecule has 0 heterocycles. The van der Waals surface area contributed by atoms with E-state index in [9.17, 15) is 9.90 Å². The Morgan fingerprint density at radius 1 is 1.14 bits per heavy atom. The molecule has 0 fully saturated rings. The molecular weight excluding hydrogens is 266 g/mol. The van der Waals surface area contributed by atoms with Gasteiger partial charge in [-0.2, -0.15) is 0 Å². The predicted octanol–water partition coefficient (Wildman–Crippen LogP) is 2.86. The van der Waals surface area contributed by atoms with Gasteiger partial charge in [0.25, 0.3) is 0 Å². The van der Waals surface area contributed by atoms with Crippen molar-refractivity contribution in [3.63, 3.8) is 0 Å². The fourth-order valence-corrected chi connectivity index (χ4v) is 2.01. The van der Waals surface area contributed by atoms with Gasteiger partial charge in [-0.25, -0.2) is 4.79 Å². The van der Waals surface area contributed by atoms with Crippen LogP contribution in [0.3, 0.4) is 0 Å². The highest BCUT2D eigenvalue weighted by atomic mass is 16.5. The van der Waals surface area contributed by atoms with E-state index in [2.05, 4.69) is 5.32 Å². The van der Waals surface area contributed by atoms with Crippen LogP contribution in [0.5, 0.6) is 5.75 Å². The van der Waals surface area contributed by atoms with Gasteiger partial charge in [0.1, 0.15) is 5.75 Å². The van der Waals surface area contributed by atoms with Crippen molar-refractivity contribution >= 4 is 5.97 Å². The second kappa shape index (κ2) is 7.45. The summed E-state index contributed by atoms with van der Waals surface area (Å²) in [4.78, 5) is 11.7. The number of carbonyl (C=O) groups excluding carboxylic acids is 1. The Labute approximate surface area is 124 Å². The maximum Gasteiger partial charge on any atom is 0.338 e. The van der Waals surface area contributed by atoms with Crippen LogP contribution < -0.4 is 5.32 Å². The molecule has 0 aromatic heterocycles. The van der Waals surface area contributed by atoms with Crippen LogP contribution in [0.15, 0.2) is 48.5 Å². The van der Waals surface area contributed by atoms with Crippen LogP contribution in [-0.2, 0) is 17.8 Å². The van der Waals surface area contributed by atoms with E-state index in [1.54, 1.807) is 19.1 Å². The fourth-order valence-electron chi connectivity index (χ4n) is 2.01. The minimum Gasteiger partial charge on any atom is -0.508 e. The van der Waals surface area contributed by atoms with E-state index in [0.29, 0.717) is 30.8 Å². The molecule has 0 aliphatic rings. The molecule has 110 valence electrons. The summed E-state index contributed by atoms with van der Waals surface area (Å²) < 4.78 is 4.96. The monoisotopic (exact) mass is 285 g/mol. The van der Waals surface area contributed by atoms with Crippen molar-refractivity contribution < 1.29 is 14.6 Å². The van der Waals surface area contributed by atoms with E-state index in [1.165, 1.54) is 11.6 Å². The average molecular weight is 285 g/mol. The number of ether oxygens (including phenoxy) is 1. The van der Waals surface area contributed by atoms with Gasteiger partial charge in [-0.15, -0.1) is 0 Å². The lowest BCUT2D eigenvalue weighted by molar-refractivity contribution is 0.0526. The molecule has 4 nitrogen and oxygen atoms in total. The Balaban J connectivity index is 1.99. The number of esters is 1. The van der Waals surface area contributed by atoms with Gasteiger partial charge < -0.3 is 15.2 Å². The minimum absolute atomic E-state index is 0.170.